The van der Waals surface area contributed by atoms with Crippen LogP contribution in [0.25, 0.3) is 0 Å². The number of ether oxygens (including phenoxy) is 1. The lowest BCUT2D eigenvalue weighted by atomic mass is 10.3. The van der Waals surface area contributed by atoms with E-state index in [-0.39, 0.29) is 11.7 Å². The summed E-state index contributed by atoms with van der Waals surface area (Å²) in [5, 5.41) is 3.20. The lowest BCUT2D eigenvalue weighted by Crippen LogP contribution is -2.13. The number of halogens is 4. The summed E-state index contributed by atoms with van der Waals surface area (Å²) in [5.41, 5.74) is 0. The summed E-state index contributed by atoms with van der Waals surface area (Å²) in [5.74, 6) is -1.09. The Morgan fingerprint density at radius 2 is 1.86 bits per heavy atom. The summed E-state index contributed by atoms with van der Waals surface area (Å²) in [6.07, 6.45) is -4.65. The minimum Gasteiger partial charge on any atom is -0.439 e. The standard InChI is InChI=1S/C13H11ClF3N3O/c1-2-18-10-7-11(20-12(19-10)13(15,16)17)21-9-5-3-8(14)4-6-9/h3-7H,2H2,1H3,(H,18,19,20). The normalized spacial score (nSPS) is 11.3. The molecule has 4 nitrogen and oxygen atoms in total. The molecule has 0 saturated carbocycles. The second-order valence-electron chi connectivity index (χ2n) is 4.00. The van der Waals surface area contributed by atoms with Gasteiger partial charge in [0.15, 0.2) is 0 Å². The van der Waals surface area contributed by atoms with Gasteiger partial charge in [0, 0.05) is 17.6 Å². The van der Waals surface area contributed by atoms with Crippen LogP contribution in [0.1, 0.15) is 12.7 Å². The molecule has 0 aliphatic rings. The highest BCUT2D eigenvalue weighted by atomic mass is 35.5. The van der Waals surface area contributed by atoms with Gasteiger partial charge in [-0.3, -0.25) is 0 Å². The number of aromatic nitrogens is 2. The van der Waals surface area contributed by atoms with Crippen molar-refractivity contribution in [3.8, 4) is 11.6 Å². The van der Waals surface area contributed by atoms with E-state index in [1.807, 2.05) is 0 Å². The van der Waals surface area contributed by atoms with Gasteiger partial charge in [-0.1, -0.05) is 11.6 Å². The van der Waals surface area contributed by atoms with E-state index in [1.54, 1.807) is 19.1 Å². The molecule has 21 heavy (non-hydrogen) atoms. The first-order valence-electron chi connectivity index (χ1n) is 6.02. The second kappa shape index (κ2) is 6.17. The van der Waals surface area contributed by atoms with Gasteiger partial charge < -0.3 is 10.1 Å². The third kappa shape index (κ3) is 4.22. The van der Waals surface area contributed by atoms with E-state index in [1.165, 1.54) is 18.2 Å². The molecule has 2 rings (SSSR count). The molecule has 0 saturated heterocycles. The number of nitrogens with one attached hydrogen (secondary N) is 1. The Morgan fingerprint density at radius 3 is 2.43 bits per heavy atom. The molecule has 0 aliphatic carbocycles. The van der Waals surface area contributed by atoms with Crippen LogP contribution in [0.4, 0.5) is 19.0 Å². The highest BCUT2D eigenvalue weighted by Gasteiger charge is 2.35. The van der Waals surface area contributed by atoms with Gasteiger partial charge in [-0.15, -0.1) is 0 Å². The average Bonchev–Trinajstić information content (AvgIpc) is 2.41. The van der Waals surface area contributed by atoms with Gasteiger partial charge >= 0.3 is 6.18 Å². The Hall–Kier alpha value is -2.02. The number of rotatable bonds is 4. The van der Waals surface area contributed by atoms with E-state index in [0.717, 1.165) is 0 Å². The van der Waals surface area contributed by atoms with Crippen molar-refractivity contribution in [2.75, 3.05) is 11.9 Å². The molecule has 0 fully saturated rings. The van der Waals surface area contributed by atoms with E-state index < -0.39 is 12.0 Å². The number of benzene rings is 1. The summed E-state index contributed by atoms with van der Waals surface area (Å²) in [6.45, 7) is 2.17. The number of anilines is 1. The van der Waals surface area contributed by atoms with Crippen LogP contribution in [0.2, 0.25) is 5.02 Å². The molecule has 0 amide bonds. The number of nitrogens with zero attached hydrogens (tertiary/aromatic N) is 2. The fourth-order valence-corrected chi connectivity index (χ4v) is 1.63. The molecule has 8 heteroatoms. The topological polar surface area (TPSA) is 47.0 Å². The summed E-state index contributed by atoms with van der Waals surface area (Å²) >= 11 is 5.73. The lowest BCUT2D eigenvalue weighted by Gasteiger charge is -2.11. The molecular formula is C13H11ClF3N3O. The Balaban J connectivity index is 2.33. The molecule has 112 valence electrons. The highest BCUT2D eigenvalue weighted by molar-refractivity contribution is 6.30. The van der Waals surface area contributed by atoms with Crippen molar-refractivity contribution in [2.45, 2.75) is 13.1 Å². The maximum atomic E-state index is 12.8. The van der Waals surface area contributed by atoms with Gasteiger partial charge in [-0.25, -0.2) is 4.98 Å². The van der Waals surface area contributed by atoms with Crippen molar-refractivity contribution >= 4 is 17.4 Å². The fraction of sp³-hybridized carbons (Fsp3) is 0.231. The molecule has 0 bridgehead atoms. The van der Waals surface area contributed by atoms with Gasteiger partial charge in [0.2, 0.25) is 11.7 Å². The molecule has 0 spiro atoms. The Morgan fingerprint density at radius 1 is 1.19 bits per heavy atom. The lowest BCUT2D eigenvalue weighted by molar-refractivity contribution is -0.145. The van der Waals surface area contributed by atoms with Crippen LogP contribution in [0, 0.1) is 0 Å². The van der Waals surface area contributed by atoms with Crippen LogP contribution in [-0.2, 0) is 6.18 Å². The first kappa shape index (κ1) is 15.4. The summed E-state index contributed by atoms with van der Waals surface area (Å²) in [7, 11) is 0. The minimum atomic E-state index is -4.65. The zero-order valence-electron chi connectivity index (χ0n) is 10.9. The van der Waals surface area contributed by atoms with Crippen LogP contribution in [0.5, 0.6) is 11.6 Å². The first-order valence-corrected chi connectivity index (χ1v) is 6.40. The molecule has 1 aromatic heterocycles. The maximum Gasteiger partial charge on any atom is 0.451 e. The monoisotopic (exact) mass is 317 g/mol. The smallest absolute Gasteiger partial charge is 0.439 e. The van der Waals surface area contributed by atoms with Crippen molar-refractivity contribution in [1.82, 2.24) is 9.97 Å². The van der Waals surface area contributed by atoms with Crippen molar-refractivity contribution in [3.63, 3.8) is 0 Å². The Labute approximate surface area is 123 Å². The average molecular weight is 318 g/mol. The molecule has 0 aliphatic heterocycles. The number of hydrogen-bond donors (Lipinski definition) is 1. The van der Waals surface area contributed by atoms with Crippen molar-refractivity contribution in [3.05, 3.63) is 41.2 Å². The van der Waals surface area contributed by atoms with Gasteiger partial charge in [0.05, 0.1) is 0 Å². The molecule has 2 aromatic rings. The zero-order valence-corrected chi connectivity index (χ0v) is 11.7. The summed E-state index contributed by atoms with van der Waals surface area (Å²) in [4.78, 5) is 6.78. The SMILES string of the molecule is CCNc1cc(Oc2ccc(Cl)cc2)nc(C(F)(F)F)n1. The van der Waals surface area contributed by atoms with Gasteiger partial charge in [-0.05, 0) is 31.2 Å². The summed E-state index contributed by atoms with van der Waals surface area (Å²) < 4.78 is 43.6. The Kier molecular flexibility index (Phi) is 4.52. The van der Waals surface area contributed by atoms with Gasteiger partial charge in [0.1, 0.15) is 11.6 Å². The van der Waals surface area contributed by atoms with Crippen LogP contribution in [0.3, 0.4) is 0 Å². The second-order valence-corrected chi connectivity index (χ2v) is 4.44. The summed E-state index contributed by atoms with van der Waals surface area (Å²) in [6, 6.07) is 7.49. The van der Waals surface area contributed by atoms with E-state index in [4.69, 9.17) is 16.3 Å². The zero-order chi connectivity index (χ0) is 15.5. The molecule has 1 aromatic carbocycles. The molecule has 0 unspecified atom stereocenters. The molecule has 0 radical (unpaired) electrons. The van der Waals surface area contributed by atoms with Crippen LogP contribution in [0.15, 0.2) is 30.3 Å². The fourth-order valence-electron chi connectivity index (χ4n) is 1.50. The highest BCUT2D eigenvalue weighted by Crippen LogP contribution is 2.30. The van der Waals surface area contributed by atoms with Crippen LogP contribution < -0.4 is 10.1 Å². The predicted octanol–water partition coefficient (Wildman–Crippen LogP) is 4.37. The van der Waals surface area contributed by atoms with Crippen LogP contribution >= 0.6 is 11.6 Å². The van der Waals surface area contributed by atoms with E-state index in [2.05, 4.69) is 15.3 Å². The molecule has 1 heterocycles. The maximum absolute atomic E-state index is 12.8. The largest absolute Gasteiger partial charge is 0.451 e. The predicted molar refractivity (Wildman–Crippen MR) is 72.7 cm³/mol. The van der Waals surface area contributed by atoms with E-state index in [0.29, 0.717) is 17.3 Å². The third-order valence-corrected chi connectivity index (χ3v) is 2.60. The first-order chi connectivity index (χ1) is 9.88. The number of alkyl halides is 3. The van der Waals surface area contributed by atoms with Crippen molar-refractivity contribution < 1.29 is 17.9 Å². The van der Waals surface area contributed by atoms with E-state index >= 15 is 0 Å². The Bertz CT molecular complexity index is 617. The van der Waals surface area contributed by atoms with Crippen molar-refractivity contribution in [1.29, 1.82) is 0 Å². The molecule has 1 N–H and O–H groups in total. The minimum absolute atomic E-state index is 0.0452. The van der Waals surface area contributed by atoms with E-state index in [9.17, 15) is 13.2 Å². The number of hydrogen-bond acceptors (Lipinski definition) is 4. The van der Waals surface area contributed by atoms with Crippen molar-refractivity contribution in [2.24, 2.45) is 0 Å². The van der Waals surface area contributed by atoms with Gasteiger partial charge in [-0.2, -0.15) is 18.2 Å². The molecule has 0 atom stereocenters. The molecular weight excluding hydrogens is 307 g/mol. The third-order valence-electron chi connectivity index (χ3n) is 2.35. The van der Waals surface area contributed by atoms with Gasteiger partial charge in [0.25, 0.3) is 0 Å². The van der Waals surface area contributed by atoms with Crippen LogP contribution in [-0.4, -0.2) is 16.5 Å². The quantitative estimate of drug-likeness (QED) is 0.909.